The summed E-state index contributed by atoms with van der Waals surface area (Å²) >= 11 is 0. The molecule has 0 heterocycles. The molecule has 0 N–H and O–H groups in total. The minimum atomic E-state index is -2.03. The smallest absolute Gasteiger partial charge is 0.251 e. The highest BCUT2D eigenvalue weighted by molar-refractivity contribution is 6.74. The lowest BCUT2D eigenvalue weighted by Gasteiger charge is -2.62. The first-order chi connectivity index (χ1) is 20.0. The Morgan fingerprint density at radius 3 is 2.09 bits per heavy atom. The van der Waals surface area contributed by atoms with Crippen molar-refractivity contribution in [1.82, 2.24) is 4.90 Å². The molecule has 9 atom stereocenters. The highest BCUT2D eigenvalue weighted by Crippen LogP contribution is 2.67. The lowest BCUT2D eigenvalue weighted by Crippen LogP contribution is -2.60. The number of carbonyl (C=O) groups excluding carboxylic acids is 1. The summed E-state index contributed by atoms with van der Waals surface area (Å²) < 4.78 is 21.0. The zero-order valence-corrected chi connectivity index (χ0v) is 33.4. The maximum atomic E-state index is 13.4. The Morgan fingerprint density at radius 2 is 1.55 bits per heavy atom. The first-order valence-corrected chi connectivity index (χ1v) is 23.7. The number of hydrogen-bond donors (Lipinski definition) is 0. The molecule has 7 heteroatoms. The van der Waals surface area contributed by atoms with E-state index in [0.29, 0.717) is 24.4 Å². The quantitative estimate of drug-likeness (QED) is 0.195. The van der Waals surface area contributed by atoms with E-state index in [1.54, 1.807) is 10.5 Å². The van der Waals surface area contributed by atoms with E-state index in [4.69, 9.17) is 13.6 Å². The summed E-state index contributed by atoms with van der Waals surface area (Å²) in [5.41, 5.74) is 1.78. The predicted octanol–water partition coefficient (Wildman–Crippen LogP) is 9.45. The third kappa shape index (κ3) is 6.24. The molecule has 0 spiro atoms. The summed E-state index contributed by atoms with van der Waals surface area (Å²) in [6.45, 7) is 31.6. The molecule has 0 aromatic carbocycles. The number of allylic oxidation sites excluding steroid dienone is 1. The number of likely N-dealkylation sites (N-methyl/N-ethyl adjacent to an activating group) is 1. The number of amides is 1. The van der Waals surface area contributed by atoms with E-state index in [2.05, 4.69) is 87.7 Å². The van der Waals surface area contributed by atoms with Crippen molar-refractivity contribution in [2.75, 3.05) is 20.7 Å². The summed E-state index contributed by atoms with van der Waals surface area (Å²) in [7, 11) is -0.190. The van der Waals surface area contributed by atoms with E-state index in [0.717, 1.165) is 25.7 Å². The first kappa shape index (κ1) is 36.4. The Bertz CT molecular complexity index is 1090. The second kappa shape index (κ2) is 12.2. The number of rotatable bonds is 8. The minimum Gasteiger partial charge on any atom is -0.414 e. The zero-order chi connectivity index (χ0) is 33.3. The van der Waals surface area contributed by atoms with Gasteiger partial charge in [-0.15, -0.1) is 0 Å². The summed E-state index contributed by atoms with van der Waals surface area (Å²) in [6.07, 6.45) is 10.6. The minimum absolute atomic E-state index is 0.0317. The number of nitrogens with zero attached hydrogens (tertiary/aromatic N) is 1. The van der Waals surface area contributed by atoms with E-state index in [1.807, 2.05) is 21.0 Å². The SMILES string of the molecule is CCOC(C(=O)N(C)C)[C@H]1CC[C@H]2[C@@H]3CC=C4C[C@@H](O[Si](C)(C)C(C)(C)C)C[C@H](O[Si](C)(C)C(C)(C)C)[C@]4(C)[C@H]3CC[C@]12C. The molecular weight excluding hydrogens is 579 g/mol. The van der Waals surface area contributed by atoms with Crippen molar-refractivity contribution in [3.63, 3.8) is 0 Å². The van der Waals surface area contributed by atoms with Crippen LogP contribution in [0.2, 0.25) is 36.3 Å². The van der Waals surface area contributed by atoms with Crippen molar-refractivity contribution in [3.8, 4) is 0 Å². The summed E-state index contributed by atoms with van der Waals surface area (Å²) in [4.78, 5) is 15.1. The van der Waals surface area contributed by atoms with Gasteiger partial charge in [-0.05, 0) is 117 Å². The number of carbonyl (C=O) groups is 1. The molecule has 4 aliphatic carbocycles. The molecule has 0 radical (unpaired) electrons. The van der Waals surface area contributed by atoms with Gasteiger partial charge < -0.3 is 18.5 Å². The van der Waals surface area contributed by atoms with Crippen molar-refractivity contribution in [3.05, 3.63) is 11.6 Å². The third-order valence-corrected chi connectivity index (χ3v) is 23.1. The second-order valence-corrected chi connectivity index (χ2v) is 28.3. The maximum absolute atomic E-state index is 13.4. The van der Waals surface area contributed by atoms with Crippen LogP contribution >= 0.6 is 0 Å². The monoisotopic (exact) mass is 647 g/mol. The van der Waals surface area contributed by atoms with Gasteiger partial charge in [-0.25, -0.2) is 0 Å². The van der Waals surface area contributed by atoms with E-state index < -0.39 is 16.6 Å². The normalized spacial score (nSPS) is 37.0. The molecule has 254 valence electrons. The van der Waals surface area contributed by atoms with Gasteiger partial charge in [0.05, 0.1) is 12.2 Å². The molecule has 0 aliphatic heterocycles. The van der Waals surface area contributed by atoms with Crippen molar-refractivity contribution in [2.24, 2.45) is 34.5 Å². The lowest BCUT2D eigenvalue weighted by molar-refractivity contribution is -0.152. The average Bonchev–Trinajstić information content (AvgIpc) is 3.22. The predicted molar refractivity (Wildman–Crippen MR) is 189 cm³/mol. The van der Waals surface area contributed by atoms with E-state index in [-0.39, 0.29) is 51.0 Å². The third-order valence-electron chi connectivity index (χ3n) is 14.1. The van der Waals surface area contributed by atoms with Gasteiger partial charge >= 0.3 is 0 Å². The molecule has 4 rings (SSSR count). The molecule has 0 saturated heterocycles. The van der Waals surface area contributed by atoms with Gasteiger partial charge in [-0.3, -0.25) is 4.79 Å². The highest BCUT2D eigenvalue weighted by Gasteiger charge is 2.63. The Hall–Kier alpha value is -0.476. The largest absolute Gasteiger partial charge is 0.414 e. The van der Waals surface area contributed by atoms with Crippen molar-refractivity contribution >= 4 is 22.5 Å². The van der Waals surface area contributed by atoms with Crippen LogP contribution in [-0.2, 0) is 18.4 Å². The van der Waals surface area contributed by atoms with Gasteiger partial charge in [0.1, 0.15) is 6.10 Å². The van der Waals surface area contributed by atoms with Crippen LogP contribution in [0.1, 0.15) is 107 Å². The molecule has 0 aromatic heterocycles. The van der Waals surface area contributed by atoms with E-state index in [1.165, 1.54) is 19.3 Å². The first-order valence-electron chi connectivity index (χ1n) is 17.9. The van der Waals surface area contributed by atoms with Gasteiger partial charge in [0, 0.05) is 26.1 Å². The van der Waals surface area contributed by atoms with Gasteiger partial charge in [0.15, 0.2) is 16.6 Å². The molecule has 3 saturated carbocycles. The Kier molecular flexibility index (Phi) is 10.1. The Morgan fingerprint density at radius 1 is 0.955 bits per heavy atom. The highest BCUT2D eigenvalue weighted by atomic mass is 28.4. The average molecular weight is 648 g/mol. The maximum Gasteiger partial charge on any atom is 0.251 e. The zero-order valence-electron chi connectivity index (χ0n) is 31.4. The van der Waals surface area contributed by atoms with Crippen LogP contribution in [0.5, 0.6) is 0 Å². The standard InChI is InChI=1S/C37H69NO4Si2/c1-16-40-32(33(39)38(10)11)30-20-19-28-27-18-17-25-23-26(41-43(12,13)34(2,3)4)24-31(42-44(14,15)35(5,6)7)37(25,9)29(27)21-22-36(28,30)8/h17,26-32H,16,18-24H2,1-15H3/t26-,27+,28+,29+,30-,31+,32?,36+,37+/m1/s1. The van der Waals surface area contributed by atoms with Crippen molar-refractivity contribution in [1.29, 1.82) is 0 Å². The summed E-state index contributed by atoms with van der Waals surface area (Å²) in [5, 5.41) is 0.349. The number of hydrogen-bond acceptors (Lipinski definition) is 4. The molecule has 0 bridgehead atoms. The summed E-state index contributed by atoms with van der Waals surface area (Å²) in [5.74, 6) is 2.29. The van der Waals surface area contributed by atoms with E-state index in [9.17, 15) is 4.79 Å². The van der Waals surface area contributed by atoms with E-state index >= 15 is 0 Å². The van der Waals surface area contributed by atoms with Gasteiger partial charge in [-0.2, -0.15) is 0 Å². The van der Waals surface area contributed by atoms with Crippen LogP contribution < -0.4 is 0 Å². The van der Waals surface area contributed by atoms with Gasteiger partial charge in [0.25, 0.3) is 5.91 Å². The molecule has 5 nitrogen and oxygen atoms in total. The van der Waals surface area contributed by atoms with Gasteiger partial charge in [-0.1, -0.05) is 67.0 Å². The molecule has 0 aromatic rings. The fourth-order valence-corrected chi connectivity index (χ4v) is 12.1. The Labute approximate surface area is 273 Å². The van der Waals surface area contributed by atoms with Crippen LogP contribution in [0.3, 0.4) is 0 Å². The van der Waals surface area contributed by atoms with Crippen LogP contribution in [0, 0.1) is 34.5 Å². The van der Waals surface area contributed by atoms with Crippen LogP contribution in [0.15, 0.2) is 11.6 Å². The topological polar surface area (TPSA) is 48.0 Å². The fraction of sp³-hybridized carbons (Fsp3) is 0.919. The van der Waals surface area contributed by atoms with Gasteiger partial charge in [0.2, 0.25) is 0 Å². The molecule has 44 heavy (non-hydrogen) atoms. The van der Waals surface area contributed by atoms with Crippen molar-refractivity contribution in [2.45, 2.75) is 162 Å². The molecular formula is C37H69NO4Si2. The van der Waals surface area contributed by atoms with Crippen LogP contribution in [-0.4, -0.2) is 66.5 Å². The molecule has 4 aliphatic rings. The van der Waals surface area contributed by atoms with Crippen LogP contribution in [0.25, 0.3) is 0 Å². The number of ether oxygens (including phenoxy) is 1. The van der Waals surface area contributed by atoms with Crippen molar-refractivity contribution < 1.29 is 18.4 Å². The Balaban J connectivity index is 1.70. The molecule has 1 unspecified atom stereocenters. The molecule has 3 fully saturated rings. The lowest BCUT2D eigenvalue weighted by atomic mass is 9.46. The number of fused-ring (bicyclic) bond motifs is 5. The summed E-state index contributed by atoms with van der Waals surface area (Å²) in [6, 6.07) is 0. The van der Waals surface area contributed by atoms with Crippen LogP contribution in [0.4, 0.5) is 0 Å². The fourth-order valence-electron chi connectivity index (χ4n) is 9.38. The molecule has 1 amide bonds. The second-order valence-electron chi connectivity index (χ2n) is 18.8.